The standard InChI is InChI=1S/C9H12N2O2/c12-6-8-5-9(13-11-8)4-7-2-1-3-10-7/h5-7,10H,1-4H2. The number of aromatic nitrogens is 1. The largest absolute Gasteiger partial charge is 0.361 e. The summed E-state index contributed by atoms with van der Waals surface area (Å²) in [6.07, 6.45) is 3.94. The second-order valence-electron chi connectivity index (χ2n) is 3.33. The van der Waals surface area contributed by atoms with Crippen molar-refractivity contribution in [1.82, 2.24) is 10.5 Å². The third-order valence-electron chi connectivity index (χ3n) is 2.31. The first-order chi connectivity index (χ1) is 6.38. The van der Waals surface area contributed by atoms with E-state index in [1.54, 1.807) is 6.07 Å². The van der Waals surface area contributed by atoms with Crippen LogP contribution >= 0.6 is 0 Å². The molecule has 1 aliphatic heterocycles. The van der Waals surface area contributed by atoms with Gasteiger partial charge in [0, 0.05) is 18.5 Å². The molecule has 0 spiro atoms. The predicted molar refractivity (Wildman–Crippen MR) is 46.6 cm³/mol. The third-order valence-corrected chi connectivity index (χ3v) is 2.31. The van der Waals surface area contributed by atoms with Crippen LogP contribution in [-0.4, -0.2) is 24.0 Å². The van der Waals surface area contributed by atoms with E-state index in [1.165, 1.54) is 12.8 Å². The summed E-state index contributed by atoms with van der Waals surface area (Å²) in [5.74, 6) is 0.793. The third kappa shape index (κ3) is 1.95. The molecule has 4 nitrogen and oxygen atoms in total. The minimum absolute atomic E-state index is 0.382. The van der Waals surface area contributed by atoms with Crippen LogP contribution in [0.15, 0.2) is 10.6 Å². The van der Waals surface area contributed by atoms with E-state index in [1.807, 2.05) is 0 Å². The lowest BCUT2D eigenvalue weighted by Gasteiger charge is -2.05. The van der Waals surface area contributed by atoms with Crippen molar-refractivity contribution in [3.63, 3.8) is 0 Å². The molecule has 0 radical (unpaired) electrons. The van der Waals surface area contributed by atoms with Crippen molar-refractivity contribution in [2.24, 2.45) is 0 Å². The van der Waals surface area contributed by atoms with Crippen molar-refractivity contribution < 1.29 is 9.32 Å². The number of nitrogens with zero attached hydrogens (tertiary/aromatic N) is 1. The molecule has 0 amide bonds. The van der Waals surface area contributed by atoms with Gasteiger partial charge in [-0.05, 0) is 19.4 Å². The topological polar surface area (TPSA) is 55.1 Å². The second-order valence-corrected chi connectivity index (χ2v) is 3.33. The first kappa shape index (κ1) is 8.44. The maximum absolute atomic E-state index is 10.3. The molecule has 2 rings (SSSR count). The Hall–Kier alpha value is -1.16. The van der Waals surface area contributed by atoms with Gasteiger partial charge in [-0.15, -0.1) is 0 Å². The molecule has 13 heavy (non-hydrogen) atoms. The van der Waals surface area contributed by atoms with Crippen molar-refractivity contribution in [2.75, 3.05) is 6.54 Å². The number of rotatable bonds is 3. The van der Waals surface area contributed by atoms with E-state index in [-0.39, 0.29) is 0 Å². The van der Waals surface area contributed by atoms with E-state index < -0.39 is 0 Å². The molecule has 1 aliphatic rings. The lowest BCUT2D eigenvalue weighted by atomic mass is 10.1. The van der Waals surface area contributed by atoms with Gasteiger partial charge in [-0.1, -0.05) is 5.16 Å². The van der Waals surface area contributed by atoms with E-state index in [4.69, 9.17) is 4.52 Å². The van der Waals surface area contributed by atoms with E-state index in [2.05, 4.69) is 10.5 Å². The molecule has 0 aliphatic carbocycles. The molecule has 70 valence electrons. The van der Waals surface area contributed by atoms with E-state index in [0.717, 1.165) is 18.7 Å². The van der Waals surface area contributed by atoms with Crippen LogP contribution in [0.4, 0.5) is 0 Å². The Labute approximate surface area is 76.3 Å². The minimum atomic E-state index is 0.382. The van der Waals surface area contributed by atoms with Crippen molar-refractivity contribution in [1.29, 1.82) is 0 Å². The quantitative estimate of drug-likeness (QED) is 0.698. The number of aldehydes is 1. The first-order valence-corrected chi connectivity index (χ1v) is 4.52. The van der Waals surface area contributed by atoms with Gasteiger partial charge in [0.1, 0.15) is 11.5 Å². The lowest BCUT2D eigenvalue weighted by molar-refractivity contribution is 0.111. The predicted octanol–water partition coefficient (Wildman–Crippen LogP) is 0.782. The fourth-order valence-electron chi connectivity index (χ4n) is 1.65. The van der Waals surface area contributed by atoms with Crippen LogP contribution in [-0.2, 0) is 6.42 Å². The Bertz CT molecular complexity index is 290. The molecule has 2 heterocycles. The fourth-order valence-corrected chi connectivity index (χ4v) is 1.65. The highest BCUT2D eigenvalue weighted by atomic mass is 16.5. The van der Waals surface area contributed by atoms with E-state index in [9.17, 15) is 4.79 Å². The highest BCUT2D eigenvalue weighted by Crippen LogP contribution is 2.12. The molecule has 1 aromatic heterocycles. The number of carbonyl (C=O) groups is 1. The molecule has 1 fully saturated rings. The van der Waals surface area contributed by atoms with Gasteiger partial charge in [-0.25, -0.2) is 0 Å². The highest BCUT2D eigenvalue weighted by Gasteiger charge is 2.16. The number of hydrogen-bond donors (Lipinski definition) is 1. The summed E-state index contributed by atoms with van der Waals surface area (Å²) < 4.78 is 5.00. The number of nitrogens with one attached hydrogen (secondary N) is 1. The average Bonchev–Trinajstić information content (AvgIpc) is 2.76. The van der Waals surface area contributed by atoms with Gasteiger partial charge in [0.05, 0.1) is 0 Å². The van der Waals surface area contributed by atoms with Crippen LogP contribution in [0.1, 0.15) is 29.1 Å². The summed E-state index contributed by atoms with van der Waals surface area (Å²) in [5, 5.41) is 6.96. The zero-order valence-corrected chi connectivity index (χ0v) is 7.32. The molecule has 1 atom stereocenters. The van der Waals surface area contributed by atoms with Crippen LogP contribution in [0, 0.1) is 0 Å². The molecule has 0 aromatic carbocycles. The molecule has 1 saturated heterocycles. The van der Waals surface area contributed by atoms with E-state index in [0.29, 0.717) is 18.0 Å². The molecule has 4 heteroatoms. The van der Waals surface area contributed by atoms with Crippen LogP contribution < -0.4 is 5.32 Å². The Morgan fingerprint density at radius 1 is 1.77 bits per heavy atom. The van der Waals surface area contributed by atoms with Crippen molar-refractivity contribution in [3.05, 3.63) is 17.5 Å². The molecule has 1 aromatic rings. The molecule has 0 saturated carbocycles. The molecule has 0 bridgehead atoms. The summed E-state index contributed by atoms with van der Waals surface area (Å²) in [6.45, 7) is 1.08. The highest BCUT2D eigenvalue weighted by molar-refractivity contribution is 5.71. The average molecular weight is 180 g/mol. The van der Waals surface area contributed by atoms with Crippen molar-refractivity contribution in [3.8, 4) is 0 Å². The van der Waals surface area contributed by atoms with Gasteiger partial charge in [0.15, 0.2) is 6.29 Å². The summed E-state index contributed by atoms with van der Waals surface area (Å²) in [5.41, 5.74) is 0.382. The Balaban J connectivity index is 1.96. The molecule has 1 unspecified atom stereocenters. The summed E-state index contributed by atoms with van der Waals surface area (Å²) >= 11 is 0. The normalized spacial score (nSPS) is 22.0. The number of carbonyl (C=O) groups excluding carboxylic acids is 1. The molecule has 1 N–H and O–H groups in total. The van der Waals surface area contributed by atoms with Gasteiger partial charge < -0.3 is 9.84 Å². The van der Waals surface area contributed by atoms with Gasteiger partial charge in [-0.2, -0.15) is 0 Å². The fraction of sp³-hybridized carbons (Fsp3) is 0.556. The minimum Gasteiger partial charge on any atom is -0.361 e. The van der Waals surface area contributed by atoms with Crippen LogP contribution in [0.5, 0.6) is 0 Å². The lowest BCUT2D eigenvalue weighted by Crippen LogP contribution is -2.23. The van der Waals surface area contributed by atoms with Crippen molar-refractivity contribution in [2.45, 2.75) is 25.3 Å². The van der Waals surface area contributed by atoms with Gasteiger partial charge in [0.25, 0.3) is 0 Å². The maximum atomic E-state index is 10.3. The monoisotopic (exact) mass is 180 g/mol. The molecular weight excluding hydrogens is 168 g/mol. The number of hydrogen-bond acceptors (Lipinski definition) is 4. The first-order valence-electron chi connectivity index (χ1n) is 4.52. The van der Waals surface area contributed by atoms with Gasteiger partial charge in [-0.3, -0.25) is 4.79 Å². The van der Waals surface area contributed by atoms with Crippen molar-refractivity contribution >= 4 is 6.29 Å². The zero-order valence-electron chi connectivity index (χ0n) is 7.32. The summed E-state index contributed by atoms with van der Waals surface area (Å²) in [6, 6.07) is 2.19. The van der Waals surface area contributed by atoms with Crippen LogP contribution in [0.3, 0.4) is 0 Å². The van der Waals surface area contributed by atoms with Gasteiger partial charge >= 0.3 is 0 Å². The van der Waals surface area contributed by atoms with Crippen LogP contribution in [0.25, 0.3) is 0 Å². The molecular formula is C9H12N2O2. The summed E-state index contributed by atoms with van der Waals surface area (Å²) in [4.78, 5) is 10.3. The second kappa shape index (κ2) is 3.70. The van der Waals surface area contributed by atoms with E-state index >= 15 is 0 Å². The Kier molecular flexibility index (Phi) is 2.40. The Morgan fingerprint density at radius 2 is 2.69 bits per heavy atom. The van der Waals surface area contributed by atoms with Crippen LogP contribution in [0.2, 0.25) is 0 Å². The van der Waals surface area contributed by atoms with Gasteiger partial charge in [0.2, 0.25) is 0 Å². The SMILES string of the molecule is O=Cc1cc(CC2CCCN2)on1. The zero-order chi connectivity index (χ0) is 9.10. The smallest absolute Gasteiger partial charge is 0.171 e. The summed E-state index contributed by atoms with van der Waals surface area (Å²) in [7, 11) is 0. The maximum Gasteiger partial charge on any atom is 0.171 e. The Morgan fingerprint density at radius 3 is 3.31 bits per heavy atom.